The lowest BCUT2D eigenvalue weighted by Crippen LogP contribution is -2.50. The van der Waals surface area contributed by atoms with Crippen molar-refractivity contribution in [2.24, 2.45) is 0 Å². The van der Waals surface area contributed by atoms with Crippen LogP contribution >= 0.6 is 0 Å². The largest absolute Gasteiger partial charge is 0.441 e. The second kappa shape index (κ2) is 6.52. The monoisotopic (exact) mass is 351 g/mol. The first-order chi connectivity index (χ1) is 11.4. The molecule has 0 atom stereocenters. The quantitative estimate of drug-likeness (QED) is 0.838. The van der Waals surface area contributed by atoms with E-state index in [0.717, 1.165) is 6.42 Å². The second-order valence-corrected chi connectivity index (χ2v) is 7.84. The van der Waals surface area contributed by atoms with Crippen molar-refractivity contribution in [1.29, 1.82) is 0 Å². The van der Waals surface area contributed by atoms with Crippen molar-refractivity contribution < 1.29 is 17.6 Å². The molecule has 1 saturated heterocycles. The number of carbonyl (C=O) groups excluding carboxylic acids is 1. The van der Waals surface area contributed by atoms with Gasteiger partial charge in [0.1, 0.15) is 5.52 Å². The molecule has 8 heteroatoms. The number of hydrogen-bond donors (Lipinski definition) is 0. The fourth-order valence-electron chi connectivity index (χ4n) is 2.88. The van der Waals surface area contributed by atoms with Crippen LogP contribution in [0, 0.1) is 6.92 Å². The standard InChI is InChI=1S/C16H21N3O4S/c1-3-4-16(20)18-7-9-19(10-8-18)24(21,22)13-5-6-15-14(11-13)17-12(2)23-15/h5-6,11H,3-4,7-10H2,1-2H3. The Balaban J connectivity index is 1.77. The van der Waals surface area contributed by atoms with Gasteiger partial charge in [0.2, 0.25) is 15.9 Å². The number of amides is 1. The first kappa shape index (κ1) is 16.9. The Morgan fingerprint density at radius 2 is 1.96 bits per heavy atom. The van der Waals surface area contributed by atoms with Crippen molar-refractivity contribution in [2.45, 2.75) is 31.6 Å². The molecule has 1 aromatic heterocycles. The number of piperazine rings is 1. The molecule has 0 radical (unpaired) electrons. The summed E-state index contributed by atoms with van der Waals surface area (Å²) in [4.78, 5) is 18.0. The molecule has 1 aromatic carbocycles. The Labute approximate surface area is 141 Å². The van der Waals surface area contributed by atoms with Gasteiger partial charge in [0.05, 0.1) is 4.90 Å². The van der Waals surface area contributed by atoms with Crippen LogP contribution in [0.25, 0.3) is 11.1 Å². The van der Waals surface area contributed by atoms with Gasteiger partial charge >= 0.3 is 0 Å². The number of benzene rings is 1. The molecule has 130 valence electrons. The molecule has 1 aliphatic rings. The van der Waals surface area contributed by atoms with Crippen LogP contribution in [0.1, 0.15) is 25.7 Å². The van der Waals surface area contributed by atoms with E-state index in [9.17, 15) is 13.2 Å². The van der Waals surface area contributed by atoms with Gasteiger partial charge in [0.15, 0.2) is 11.5 Å². The second-order valence-electron chi connectivity index (χ2n) is 5.90. The van der Waals surface area contributed by atoms with Crippen LogP contribution < -0.4 is 0 Å². The molecule has 2 aromatic rings. The van der Waals surface area contributed by atoms with Crippen LogP contribution in [-0.2, 0) is 14.8 Å². The van der Waals surface area contributed by atoms with E-state index in [1.165, 1.54) is 16.4 Å². The molecule has 0 unspecified atom stereocenters. The van der Waals surface area contributed by atoms with E-state index in [0.29, 0.717) is 49.6 Å². The van der Waals surface area contributed by atoms with Crippen LogP contribution in [0.15, 0.2) is 27.5 Å². The lowest BCUT2D eigenvalue weighted by atomic mass is 10.2. The van der Waals surface area contributed by atoms with E-state index in [1.54, 1.807) is 17.9 Å². The summed E-state index contributed by atoms with van der Waals surface area (Å²) < 4.78 is 32.4. The third-order valence-electron chi connectivity index (χ3n) is 4.16. The van der Waals surface area contributed by atoms with E-state index in [2.05, 4.69) is 4.98 Å². The molecule has 0 bridgehead atoms. The average molecular weight is 351 g/mol. The third-order valence-corrected chi connectivity index (χ3v) is 6.05. The first-order valence-corrected chi connectivity index (χ1v) is 9.51. The number of sulfonamides is 1. The van der Waals surface area contributed by atoms with Crippen LogP contribution in [0.2, 0.25) is 0 Å². The van der Waals surface area contributed by atoms with Crippen LogP contribution in [0.3, 0.4) is 0 Å². The van der Waals surface area contributed by atoms with Crippen LogP contribution in [0.4, 0.5) is 0 Å². The Hall–Kier alpha value is -1.93. The summed E-state index contributed by atoms with van der Waals surface area (Å²) in [6, 6.07) is 4.70. The van der Waals surface area contributed by atoms with E-state index in [4.69, 9.17) is 4.42 Å². The van der Waals surface area contributed by atoms with Crippen molar-refractivity contribution in [3.63, 3.8) is 0 Å². The van der Waals surface area contributed by atoms with Crippen LogP contribution in [-0.4, -0.2) is 54.7 Å². The molecule has 1 aliphatic heterocycles. The number of fused-ring (bicyclic) bond motifs is 1. The summed E-state index contributed by atoms with van der Waals surface area (Å²) in [6.45, 7) is 5.18. The topological polar surface area (TPSA) is 83.7 Å². The maximum atomic E-state index is 12.8. The number of aryl methyl sites for hydroxylation is 1. The predicted octanol–water partition coefficient (Wildman–Crippen LogP) is 1.77. The Morgan fingerprint density at radius 1 is 1.25 bits per heavy atom. The van der Waals surface area contributed by atoms with E-state index in [-0.39, 0.29) is 10.8 Å². The molecule has 1 amide bonds. The first-order valence-electron chi connectivity index (χ1n) is 8.07. The third kappa shape index (κ3) is 3.16. The van der Waals surface area contributed by atoms with Gasteiger partial charge in [-0.25, -0.2) is 13.4 Å². The van der Waals surface area contributed by atoms with Crippen molar-refractivity contribution in [1.82, 2.24) is 14.2 Å². The highest BCUT2D eigenvalue weighted by Crippen LogP contribution is 2.23. The molecule has 2 heterocycles. The summed E-state index contributed by atoms with van der Waals surface area (Å²) in [5, 5.41) is 0. The minimum absolute atomic E-state index is 0.0917. The van der Waals surface area contributed by atoms with Crippen molar-refractivity contribution in [2.75, 3.05) is 26.2 Å². The zero-order chi connectivity index (χ0) is 17.3. The van der Waals surface area contributed by atoms with E-state index < -0.39 is 10.0 Å². The summed E-state index contributed by atoms with van der Waals surface area (Å²) >= 11 is 0. The number of aromatic nitrogens is 1. The molecular weight excluding hydrogens is 330 g/mol. The molecular formula is C16H21N3O4S. The maximum Gasteiger partial charge on any atom is 0.243 e. The fourth-order valence-corrected chi connectivity index (χ4v) is 4.32. The minimum atomic E-state index is -3.59. The van der Waals surface area contributed by atoms with Gasteiger partial charge < -0.3 is 9.32 Å². The molecule has 1 fully saturated rings. The highest BCUT2D eigenvalue weighted by molar-refractivity contribution is 7.89. The predicted molar refractivity (Wildman–Crippen MR) is 89.0 cm³/mol. The lowest BCUT2D eigenvalue weighted by molar-refractivity contribution is -0.132. The summed E-state index contributed by atoms with van der Waals surface area (Å²) in [7, 11) is -3.59. The zero-order valence-electron chi connectivity index (χ0n) is 13.9. The van der Waals surface area contributed by atoms with Gasteiger partial charge in [0, 0.05) is 39.5 Å². The SMILES string of the molecule is CCCC(=O)N1CCN(S(=O)(=O)c2ccc3oc(C)nc3c2)CC1. The van der Waals surface area contributed by atoms with Gasteiger partial charge in [-0.3, -0.25) is 4.79 Å². The van der Waals surface area contributed by atoms with Crippen LogP contribution in [0.5, 0.6) is 0 Å². The van der Waals surface area contributed by atoms with Gasteiger partial charge in [-0.2, -0.15) is 4.31 Å². The van der Waals surface area contributed by atoms with Gasteiger partial charge in [-0.15, -0.1) is 0 Å². The highest BCUT2D eigenvalue weighted by Gasteiger charge is 2.30. The minimum Gasteiger partial charge on any atom is -0.441 e. The van der Waals surface area contributed by atoms with E-state index >= 15 is 0 Å². The number of oxazole rings is 1. The molecule has 0 aliphatic carbocycles. The Bertz CT molecular complexity index is 851. The van der Waals surface area contributed by atoms with Gasteiger partial charge in [0.25, 0.3) is 0 Å². The summed E-state index contributed by atoms with van der Waals surface area (Å²) in [5.41, 5.74) is 1.10. The number of rotatable bonds is 4. The summed E-state index contributed by atoms with van der Waals surface area (Å²) in [5.74, 6) is 0.594. The smallest absolute Gasteiger partial charge is 0.243 e. The highest BCUT2D eigenvalue weighted by atomic mass is 32.2. The Kier molecular flexibility index (Phi) is 4.60. The zero-order valence-corrected chi connectivity index (χ0v) is 14.7. The van der Waals surface area contributed by atoms with Gasteiger partial charge in [-0.1, -0.05) is 6.92 Å². The lowest BCUT2D eigenvalue weighted by Gasteiger charge is -2.34. The molecule has 3 rings (SSSR count). The van der Waals surface area contributed by atoms with Gasteiger partial charge in [-0.05, 0) is 24.6 Å². The number of nitrogens with zero attached hydrogens (tertiary/aromatic N) is 3. The maximum absolute atomic E-state index is 12.8. The Morgan fingerprint density at radius 3 is 2.62 bits per heavy atom. The molecule has 24 heavy (non-hydrogen) atoms. The molecule has 0 saturated carbocycles. The fraction of sp³-hybridized carbons (Fsp3) is 0.500. The number of carbonyl (C=O) groups is 1. The average Bonchev–Trinajstić information content (AvgIpc) is 2.94. The molecule has 7 nitrogen and oxygen atoms in total. The van der Waals surface area contributed by atoms with E-state index in [1.807, 2.05) is 6.92 Å². The van der Waals surface area contributed by atoms with Crippen molar-refractivity contribution in [3.8, 4) is 0 Å². The molecule has 0 N–H and O–H groups in total. The van der Waals surface area contributed by atoms with Crippen molar-refractivity contribution in [3.05, 3.63) is 24.1 Å². The number of hydrogen-bond acceptors (Lipinski definition) is 5. The molecule has 0 spiro atoms. The van der Waals surface area contributed by atoms with Crippen molar-refractivity contribution >= 4 is 27.0 Å². The summed E-state index contributed by atoms with van der Waals surface area (Å²) in [6.07, 6.45) is 1.31. The normalized spacial score (nSPS) is 16.7.